The molecule has 92 valence electrons. The lowest BCUT2D eigenvalue weighted by Crippen LogP contribution is -2.58. The number of nitrogens with zero attached hydrogens (tertiary/aromatic N) is 1. The molecule has 0 aliphatic carbocycles. The molecule has 1 aliphatic heterocycles. The molecule has 0 saturated carbocycles. The van der Waals surface area contributed by atoms with Gasteiger partial charge in [0.25, 0.3) is 0 Å². The van der Waals surface area contributed by atoms with Gasteiger partial charge in [-0.05, 0) is 39.8 Å². The van der Waals surface area contributed by atoms with Crippen molar-refractivity contribution in [1.82, 2.24) is 0 Å². The summed E-state index contributed by atoms with van der Waals surface area (Å²) in [7, 11) is 0. The van der Waals surface area contributed by atoms with Crippen LogP contribution in [0.1, 0.15) is 27.7 Å². The first-order chi connectivity index (χ1) is 7.84. The van der Waals surface area contributed by atoms with Crippen LogP contribution in [-0.4, -0.2) is 22.6 Å². The Hall–Kier alpha value is -1.71. The lowest BCUT2D eigenvalue weighted by Gasteiger charge is -2.46. The van der Waals surface area contributed by atoms with Crippen LogP contribution >= 0.6 is 0 Å². The molecule has 1 aromatic rings. The minimum Gasteiger partial charge on any atom is -0.508 e. The van der Waals surface area contributed by atoms with E-state index in [-0.39, 0.29) is 17.7 Å². The van der Waals surface area contributed by atoms with E-state index in [2.05, 4.69) is 5.32 Å². The largest absolute Gasteiger partial charge is 0.508 e. The van der Waals surface area contributed by atoms with Gasteiger partial charge in [0, 0.05) is 12.1 Å². The van der Waals surface area contributed by atoms with Gasteiger partial charge in [0.15, 0.2) is 0 Å². The van der Waals surface area contributed by atoms with Crippen LogP contribution in [0, 0.1) is 0 Å². The van der Waals surface area contributed by atoms with Crippen molar-refractivity contribution in [3.8, 4) is 5.75 Å². The lowest BCUT2D eigenvalue weighted by molar-refractivity contribution is -0.120. The number of benzene rings is 1. The van der Waals surface area contributed by atoms with Gasteiger partial charge in [0.2, 0.25) is 5.91 Å². The van der Waals surface area contributed by atoms with Gasteiger partial charge in [-0.3, -0.25) is 4.79 Å². The molecule has 0 fully saturated rings. The molecule has 0 unspecified atom stereocenters. The zero-order valence-corrected chi connectivity index (χ0v) is 10.6. The summed E-state index contributed by atoms with van der Waals surface area (Å²) in [6.07, 6.45) is 0. The second-order valence-electron chi connectivity index (χ2n) is 5.18. The SMILES string of the molecule is CC(C)N1c2cc(O)ccc2NC(=O)C1(C)C. The number of carbonyl (C=O) groups is 1. The van der Waals surface area contributed by atoms with Crippen LogP contribution in [0.3, 0.4) is 0 Å². The van der Waals surface area contributed by atoms with Crippen LogP contribution in [0.5, 0.6) is 5.75 Å². The maximum Gasteiger partial charge on any atom is 0.249 e. The molecule has 1 heterocycles. The van der Waals surface area contributed by atoms with E-state index in [4.69, 9.17) is 0 Å². The predicted molar refractivity (Wildman–Crippen MR) is 68.4 cm³/mol. The topological polar surface area (TPSA) is 52.6 Å². The summed E-state index contributed by atoms with van der Waals surface area (Å²) in [5.74, 6) is 0.186. The monoisotopic (exact) mass is 234 g/mol. The first kappa shape index (κ1) is 11.8. The zero-order chi connectivity index (χ0) is 12.8. The van der Waals surface area contributed by atoms with Crippen molar-refractivity contribution in [2.24, 2.45) is 0 Å². The molecule has 1 amide bonds. The fourth-order valence-electron chi connectivity index (χ4n) is 2.43. The fraction of sp³-hybridized carbons (Fsp3) is 0.462. The van der Waals surface area contributed by atoms with Gasteiger partial charge >= 0.3 is 0 Å². The summed E-state index contributed by atoms with van der Waals surface area (Å²) in [5, 5.41) is 12.5. The highest BCUT2D eigenvalue weighted by atomic mass is 16.3. The molecule has 2 rings (SSSR count). The number of amides is 1. The molecule has 4 heteroatoms. The number of rotatable bonds is 1. The van der Waals surface area contributed by atoms with Crippen molar-refractivity contribution >= 4 is 17.3 Å². The maximum atomic E-state index is 12.1. The number of anilines is 2. The summed E-state index contributed by atoms with van der Waals surface area (Å²) in [4.78, 5) is 14.1. The number of aromatic hydroxyl groups is 1. The lowest BCUT2D eigenvalue weighted by atomic mass is 9.94. The minimum absolute atomic E-state index is 0.0237. The third-order valence-corrected chi connectivity index (χ3v) is 3.16. The summed E-state index contributed by atoms with van der Waals surface area (Å²) >= 11 is 0. The average molecular weight is 234 g/mol. The Balaban J connectivity index is 2.61. The van der Waals surface area contributed by atoms with Crippen LogP contribution in [0.15, 0.2) is 18.2 Å². The van der Waals surface area contributed by atoms with Crippen LogP contribution < -0.4 is 10.2 Å². The Morgan fingerprint density at radius 3 is 2.59 bits per heavy atom. The third kappa shape index (κ3) is 1.73. The molecule has 4 nitrogen and oxygen atoms in total. The minimum atomic E-state index is -0.616. The van der Waals surface area contributed by atoms with Crippen LogP contribution in [0.25, 0.3) is 0 Å². The van der Waals surface area contributed by atoms with Crippen molar-refractivity contribution in [1.29, 1.82) is 0 Å². The Kier molecular flexibility index (Phi) is 2.53. The van der Waals surface area contributed by atoms with Gasteiger partial charge in [-0.25, -0.2) is 0 Å². The van der Waals surface area contributed by atoms with E-state index in [1.807, 2.05) is 32.6 Å². The highest BCUT2D eigenvalue weighted by molar-refractivity contribution is 6.06. The Bertz CT molecular complexity index is 466. The second kappa shape index (κ2) is 3.65. The fourth-order valence-corrected chi connectivity index (χ4v) is 2.43. The summed E-state index contributed by atoms with van der Waals surface area (Å²) in [5.41, 5.74) is 1.00. The van der Waals surface area contributed by atoms with E-state index >= 15 is 0 Å². The highest BCUT2D eigenvalue weighted by Gasteiger charge is 2.41. The van der Waals surface area contributed by atoms with Crippen molar-refractivity contribution < 1.29 is 9.90 Å². The molecule has 17 heavy (non-hydrogen) atoms. The van der Waals surface area contributed by atoms with E-state index in [1.165, 1.54) is 0 Å². The Labute approximate surface area is 101 Å². The molecule has 0 radical (unpaired) electrons. The van der Waals surface area contributed by atoms with Crippen LogP contribution in [0.4, 0.5) is 11.4 Å². The number of hydrogen-bond donors (Lipinski definition) is 2. The molecule has 1 aliphatic rings. The molecule has 0 bridgehead atoms. The number of fused-ring (bicyclic) bond motifs is 1. The van der Waals surface area contributed by atoms with E-state index in [0.717, 1.165) is 11.4 Å². The molecule has 0 saturated heterocycles. The highest BCUT2D eigenvalue weighted by Crippen LogP contribution is 2.39. The normalized spacial score (nSPS) is 17.9. The van der Waals surface area contributed by atoms with Crippen LogP contribution in [0.2, 0.25) is 0 Å². The first-order valence-electron chi connectivity index (χ1n) is 5.78. The molecule has 0 aromatic heterocycles. The molecular weight excluding hydrogens is 216 g/mol. The van der Waals surface area contributed by atoms with Crippen molar-refractivity contribution in [3.63, 3.8) is 0 Å². The molecule has 1 aromatic carbocycles. The van der Waals surface area contributed by atoms with Crippen molar-refractivity contribution in [2.75, 3.05) is 10.2 Å². The van der Waals surface area contributed by atoms with Gasteiger partial charge in [-0.1, -0.05) is 0 Å². The van der Waals surface area contributed by atoms with Gasteiger partial charge < -0.3 is 15.3 Å². The number of nitrogens with one attached hydrogen (secondary N) is 1. The van der Waals surface area contributed by atoms with Gasteiger partial charge in [0.1, 0.15) is 11.3 Å². The molecular formula is C13H18N2O2. The Morgan fingerprint density at radius 2 is 2.00 bits per heavy atom. The van der Waals surface area contributed by atoms with E-state index in [0.29, 0.717) is 0 Å². The first-order valence-corrected chi connectivity index (χ1v) is 5.78. The summed E-state index contributed by atoms with van der Waals surface area (Å²) in [6.45, 7) is 7.84. The zero-order valence-electron chi connectivity index (χ0n) is 10.6. The van der Waals surface area contributed by atoms with Crippen molar-refractivity contribution in [3.05, 3.63) is 18.2 Å². The Morgan fingerprint density at radius 1 is 1.35 bits per heavy atom. The van der Waals surface area contributed by atoms with Crippen molar-refractivity contribution in [2.45, 2.75) is 39.3 Å². The number of phenols is 1. The van der Waals surface area contributed by atoms with Gasteiger partial charge in [-0.15, -0.1) is 0 Å². The quantitative estimate of drug-likeness (QED) is 0.733. The second-order valence-corrected chi connectivity index (χ2v) is 5.18. The van der Waals surface area contributed by atoms with Crippen LogP contribution in [-0.2, 0) is 4.79 Å². The maximum absolute atomic E-state index is 12.1. The smallest absolute Gasteiger partial charge is 0.249 e. The predicted octanol–water partition coefficient (Wildman–Crippen LogP) is 2.34. The summed E-state index contributed by atoms with van der Waals surface area (Å²) < 4.78 is 0. The molecule has 0 spiro atoms. The molecule has 2 N–H and O–H groups in total. The van der Waals surface area contributed by atoms with E-state index in [1.54, 1.807) is 18.2 Å². The average Bonchev–Trinajstić information content (AvgIpc) is 2.19. The number of carbonyl (C=O) groups excluding carboxylic acids is 1. The van der Waals surface area contributed by atoms with Gasteiger partial charge in [0.05, 0.1) is 11.4 Å². The number of phenolic OH excluding ortho intramolecular Hbond substituents is 1. The standard InChI is InChI=1S/C13H18N2O2/c1-8(2)15-11-7-9(16)5-6-10(11)14-12(17)13(15,3)4/h5-8,16H,1-4H3,(H,14,17). The van der Waals surface area contributed by atoms with E-state index in [9.17, 15) is 9.90 Å². The van der Waals surface area contributed by atoms with Gasteiger partial charge in [-0.2, -0.15) is 0 Å². The third-order valence-electron chi connectivity index (χ3n) is 3.16. The number of hydrogen-bond acceptors (Lipinski definition) is 3. The summed E-state index contributed by atoms with van der Waals surface area (Å²) in [6, 6.07) is 5.18. The molecule has 0 atom stereocenters. The van der Waals surface area contributed by atoms with E-state index < -0.39 is 5.54 Å².